The third-order valence-corrected chi connectivity index (χ3v) is 11.4. The van der Waals surface area contributed by atoms with E-state index in [2.05, 4.69) is 5.32 Å². The van der Waals surface area contributed by atoms with Gasteiger partial charge in [0.15, 0.2) is 0 Å². The van der Waals surface area contributed by atoms with E-state index in [0.717, 1.165) is 58.7 Å². The minimum Gasteiger partial charge on any atom is -0.457 e. The molecule has 1 fully saturated rings. The normalized spacial score (nSPS) is 13.8. The molecule has 6 rings (SSSR count). The number of anilines is 1. The van der Waals surface area contributed by atoms with E-state index in [4.69, 9.17) is 4.74 Å². The summed E-state index contributed by atoms with van der Waals surface area (Å²) in [6.07, 6.45) is 5.28. The van der Waals surface area contributed by atoms with E-state index in [1.54, 1.807) is 53.4 Å². The van der Waals surface area contributed by atoms with Crippen molar-refractivity contribution in [3.8, 4) is 11.5 Å². The number of benzene rings is 5. The average molecular weight is 730 g/mol. The molecule has 8 nitrogen and oxygen atoms in total. The van der Waals surface area contributed by atoms with Gasteiger partial charge in [0.2, 0.25) is 11.8 Å². The number of para-hydroxylation sites is 1. The fourth-order valence-corrected chi connectivity index (χ4v) is 8.19. The summed E-state index contributed by atoms with van der Waals surface area (Å²) in [7, 11) is -4.23. The zero-order valence-electron chi connectivity index (χ0n) is 30.4. The largest absolute Gasteiger partial charge is 0.457 e. The Morgan fingerprint density at radius 1 is 0.717 bits per heavy atom. The van der Waals surface area contributed by atoms with E-state index in [1.165, 1.54) is 0 Å². The van der Waals surface area contributed by atoms with Crippen LogP contribution < -0.4 is 14.4 Å². The van der Waals surface area contributed by atoms with E-state index in [0.29, 0.717) is 17.2 Å². The topological polar surface area (TPSA) is 96.0 Å². The Kier molecular flexibility index (Phi) is 12.3. The van der Waals surface area contributed by atoms with Gasteiger partial charge in [-0.15, -0.1) is 0 Å². The molecule has 1 aliphatic rings. The molecule has 0 aromatic heterocycles. The molecule has 0 bridgehead atoms. The number of nitrogens with one attached hydrogen (secondary N) is 1. The quantitative estimate of drug-likeness (QED) is 0.124. The van der Waals surface area contributed by atoms with Gasteiger partial charge in [-0.3, -0.25) is 13.9 Å². The van der Waals surface area contributed by atoms with Gasteiger partial charge in [-0.2, -0.15) is 0 Å². The summed E-state index contributed by atoms with van der Waals surface area (Å²) in [5.41, 5.74) is 3.96. The van der Waals surface area contributed by atoms with E-state index < -0.39 is 28.5 Å². The molecule has 1 saturated carbocycles. The molecule has 5 aromatic rings. The first-order chi connectivity index (χ1) is 25.7. The third kappa shape index (κ3) is 9.93. The fourth-order valence-electron chi connectivity index (χ4n) is 6.78. The van der Waals surface area contributed by atoms with Gasteiger partial charge < -0.3 is 15.0 Å². The van der Waals surface area contributed by atoms with Gasteiger partial charge in [0.25, 0.3) is 10.0 Å². The summed E-state index contributed by atoms with van der Waals surface area (Å²) in [5, 5.41) is 3.27. The van der Waals surface area contributed by atoms with Crippen LogP contribution in [0.4, 0.5) is 5.69 Å². The maximum atomic E-state index is 14.9. The number of hydrogen-bond donors (Lipinski definition) is 1. The van der Waals surface area contributed by atoms with Crippen LogP contribution in [0.2, 0.25) is 0 Å². The summed E-state index contributed by atoms with van der Waals surface area (Å²) in [5.74, 6) is 0.424. The summed E-state index contributed by atoms with van der Waals surface area (Å²) in [4.78, 5) is 30.9. The van der Waals surface area contributed by atoms with Crippen LogP contribution in [0.3, 0.4) is 0 Å². The summed E-state index contributed by atoms with van der Waals surface area (Å²) >= 11 is 0. The Hall–Kier alpha value is -5.41. The van der Waals surface area contributed by atoms with Crippen LogP contribution in [0, 0.1) is 13.8 Å². The highest BCUT2D eigenvalue weighted by Gasteiger charge is 2.35. The van der Waals surface area contributed by atoms with Crippen molar-refractivity contribution in [1.29, 1.82) is 0 Å². The molecule has 1 N–H and O–H groups in total. The van der Waals surface area contributed by atoms with Gasteiger partial charge in [-0.1, -0.05) is 115 Å². The van der Waals surface area contributed by atoms with Crippen LogP contribution >= 0.6 is 0 Å². The first kappa shape index (κ1) is 37.4. The smallest absolute Gasteiger partial charge is 0.264 e. The number of aryl methyl sites for hydroxylation is 2. The fraction of sp³-hybridized carbons (Fsp3) is 0.273. The maximum Gasteiger partial charge on any atom is 0.264 e. The lowest BCUT2D eigenvalue weighted by Crippen LogP contribution is -2.55. The van der Waals surface area contributed by atoms with Gasteiger partial charge in [-0.05, 0) is 86.3 Å². The van der Waals surface area contributed by atoms with Gasteiger partial charge in [-0.25, -0.2) is 8.42 Å². The number of hydrogen-bond acceptors (Lipinski definition) is 5. The highest BCUT2D eigenvalue weighted by molar-refractivity contribution is 7.92. The zero-order valence-corrected chi connectivity index (χ0v) is 31.2. The lowest BCUT2D eigenvalue weighted by atomic mass is 9.94. The molecule has 2 amide bonds. The third-order valence-electron chi connectivity index (χ3n) is 9.65. The second-order valence-corrected chi connectivity index (χ2v) is 15.7. The van der Waals surface area contributed by atoms with Crippen molar-refractivity contribution >= 4 is 27.5 Å². The second kappa shape index (κ2) is 17.4. The van der Waals surface area contributed by atoms with Crippen LogP contribution in [-0.2, 0) is 32.6 Å². The van der Waals surface area contributed by atoms with Crippen molar-refractivity contribution in [2.45, 2.75) is 75.9 Å². The Labute approximate surface area is 313 Å². The van der Waals surface area contributed by atoms with Gasteiger partial charge >= 0.3 is 0 Å². The Morgan fingerprint density at radius 3 is 2.00 bits per heavy atom. The summed E-state index contributed by atoms with van der Waals surface area (Å²) in [6, 6.07) is 39.1. The maximum absolute atomic E-state index is 14.9. The van der Waals surface area contributed by atoms with Gasteiger partial charge in [0.1, 0.15) is 24.1 Å². The molecule has 0 radical (unpaired) electrons. The summed E-state index contributed by atoms with van der Waals surface area (Å²) < 4.78 is 36.1. The first-order valence-electron chi connectivity index (χ1n) is 18.3. The number of nitrogens with zero attached hydrogens (tertiary/aromatic N) is 2. The van der Waals surface area contributed by atoms with Gasteiger partial charge in [0.05, 0.1) is 10.6 Å². The molecule has 1 aliphatic carbocycles. The van der Waals surface area contributed by atoms with Crippen LogP contribution in [-0.4, -0.2) is 43.8 Å². The lowest BCUT2D eigenvalue weighted by Gasteiger charge is -2.35. The zero-order chi connectivity index (χ0) is 37.2. The Balaban J connectivity index is 1.38. The SMILES string of the molecule is Cc1ccc(S(=O)(=O)N(CC(=O)N(Cc2cccc(C)c2)C(Cc2ccccc2)C(=O)NC2CCCCC2)c2ccc(Oc3ccccc3)cc2)cc1. The number of sulfonamides is 1. The van der Waals surface area contributed by atoms with Crippen molar-refractivity contribution in [3.63, 3.8) is 0 Å². The van der Waals surface area contributed by atoms with Crippen molar-refractivity contribution in [2.75, 3.05) is 10.8 Å². The monoisotopic (exact) mass is 729 g/mol. The molecular formula is C44H47N3O5S. The molecule has 0 saturated heterocycles. The Morgan fingerprint density at radius 2 is 1.34 bits per heavy atom. The number of ether oxygens (including phenoxy) is 1. The highest BCUT2D eigenvalue weighted by atomic mass is 32.2. The van der Waals surface area contributed by atoms with Crippen molar-refractivity contribution < 1.29 is 22.7 Å². The van der Waals surface area contributed by atoms with Gasteiger partial charge in [0, 0.05) is 19.0 Å². The first-order valence-corrected chi connectivity index (χ1v) is 19.7. The number of carbonyl (C=O) groups excluding carboxylic acids is 2. The minimum atomic E-state index is -4.23. The predicted molar refractivity (Wildman–Crippen MR) is 209 cm³/mol. The van der Waals surface area contributed by atoms with Crippen LogP contribution in [0.15, 0.2) is 138 Å². The summed E-state index contributed by atoms with van der Waals surface area (Å²) in [6.45, 7) is 3.47. The molecule has 1 atom stereocenters. The molecule has 53 heavy (non-hydrogen) atoms. The average Bonchev–Trinajstić information content (AvgIpc) is 3.17. The van der Waals surface area contributed by atoms with Crippen molar-refractivity contribution in [3.05, 3.63) is 156 Å². The minimum absolute atomic E-state index is 0.0282. The molecule has 0 aliphatic heterocycles. The van der Waals surface area contributed by atoms with Crippen LogP contribution in [0.25, 0.3) is 0 Å². The number of amides is 2. The molecule has 5 aromatic carbocycles. The number of carbonyl (C=O) groups is 2. The van der Waals surface area contributed by atoms with Crippen molar-refractivity contribution in [2.24, 2.45) is 0 Å². The second-order valence-electron chi connectivity index (χ2n) is 13.8. The molecular weight excluding hydrogens is 683 g/mol. The molecule has 0 spiro atoms. The Bertz CT molecular complexity index is 2070. The molecule has 1 unspecified atom stereocenters. The van der Waals surface area contributed by atoms with Crippen LogP contribution in [0.1, 0.15) is 54.4 Å². The molecule has 274 valence electrons. The van der Waals surface area contributed by atoms with Crippen molar-refractivity contribution in [1.82, 2.24) is 10.2 Å². The number of rotatable bonds is 14. The van der Waals surface area contributed by atoms with E-state index in [9.17, 15) is 18.0 Å². The highest BCUT2D eigenvalue weighted by Crippen LogP contribution is 2.29. The van der Waals surface area contributed by atoms with E-state index in [-0.39, 0.29) is 29.8 Å². The van der Waals surface area contributed by atoms with Crippen LogP contribution in [0.5, 0.6) is 11.5 Å². The van der Waals surface area contributed by atoms with E-state index in [1.807, 2.05) is 98.8 Å². The van der Waals surface area contributed by atoms with E-state index >= 15 is 0 Å². The lowest BCUT2D eigenvalue weighted by molar-refractivity contribution is -0.140. The molecule has 9 heteroatoms. The molecule has 0 heterocycles. The standard InChI is InChI=1S/C44H47N3O5S/c1-33-21-27-41(28-22-33)53(50,51)47(38-23-25-40(26-24-38)52-39-19-10-5-11-20-39)32-43(48)46(31-36-16-12-13-34(2)29-36)42(30-35-14-6-3-7-15-35)44(49)45-37-17-8-4-9-18-37/h3,5-7,10-16,19-29,37,42H,4,8-9,17-18,30-32H2,1-2H3,(H,45,49). The predicted octanol–water partition coefficient (Wildman–Crippen LogP) is 8.38.